The van der Waals surface area contributed by atoms with Crippen molar-refractivity contribution in [3.8, 4) is 0 Å². The van der Waals surface area contributed by atoms with Crippen LogP contribution < -0.4 is 10.2 Å². The van der Waals surface area contributed by atoms with Crippen molar-refractivity contribution in [2.24, 2.45) is 0 Å². The topological polar surface area (TPSA) is 82.6 Å². The standard InChI is InChI=1S/C26H30N4O3S/c31-26(28-22-10-11-23-20(18-22)8-7-13-27-23)21-9-12-24(29-14-3-1-4-15-29)25(19-21)34(32,33)30-16-5-2-6-17-30/h7-13,18-19H,1-6,14-17H2,(H,28,31). The summed E-state index contributed by atoms with van der Waals surface area (Å²) in [6, 6.07) is 14.4. The lowest BCUT2D eigenvalue weighted by atomic mass is 10.1. The van der Waals surface area contributed by atoms with Gasteiger partial charge in [-0.25, -0.2) is 8.42 Å². The molecule has 178 valence electrons. The molecule has 7 nitrogen and oxygen atoms in total. The van der Waals surface area contributed by atoms with Gasteiger partial charge in [-0.3, -0.25) is 9.78 Å². The molecule has 0 unspecified atom stereocenters. The molecule has 0 spiro atoms. The maximum absolute atomic E-state index is 13.7. The fourth-order valence-electron chi connectivity index (χ4n) is 4.86. The number of hydrogen-bond donors (Lipinski definition) is 1. The highest BCUT2D eigenvalue weighted by Crippen LogP contribution is 2.32. The Bertz CT molecular complexity index is 1300. The summed E-state index contributed by atoms with van der Waals surface area (Å²) >= 11 is 0. The summed E-state index contributed by atoms with van der Waals surface area (Å²) in [6.45, 7) is 2.73. The lowest BCUT2D eigenvalue weighted by molar-refractivity contribution is 0.102. The van der Waals surface area contributed by atoms with E-state index in [0.29, 0.717) is 30.0 Å². The highest BCUT2D eigenvalue weighted by atomic mass is 32.2. The highest BCUT2D eigenvalue weighted by molar-refractivity contribution is 7.89. The third-order valence-electron chi connectivity index (χ3n) is 6.71. The van der Waals surface area contributed by atoms with Gasteiger partial charge >= 0.3 is 0 Å². The van der Waals surface area contributed by atoms with Gasteiger partial charge in [-0.1, -0.05) is 12.5 Å². The van der Waals surface area contributed by atoms with Crippen LogP contribution in [0.4, 0.5) is 11.4 Å². The predicted molar refractivity (Wildman–Crippen MR) is 135 cm³/mol. The SMILES string of the molecule is O=C(Nc1ccc2ncccc2c1)c1ccc(N2CCCCC2)c(S(=O)(=O)N2CCCCC2)c1. The van der Waals surface area contributed by atoms with Crippen LogP contribution in [-0.4, -0.2) is 49.8 Å². The molecule has 2 fully saturated rings. The van der Waals surface area contributed by atoms with Crippen molar-refractivity contribution < 1.29 is 13.2 Å². The summed E-state index contributed by atoms with van der Waals surface area (Å²) in [5.41, 5.74) is 2.54. The minimum atomic E-state index is -3.70. The maximum atomic E-state index is 13.7. The zero-order valence-corrected chi connectivity index (χ0v) is 20.1. The molecule has 2 saturated heterocycles. The van der Waals surface area contributed by atoms with Crippen LogP contribution in [0.2, 0.25) is 0 Å². The molecule has 1 N–H and O–H groups in total. The van der Waals surface area contributed by atoms with E-state index in [4.69, 9.17) is 0 Å². The summed E-state index contributed by atoms with van der Waals surface area (Å²) in [5, 5.41) is 3.84. The largest absolute Gasteiger partial charge is 0.370 e. The average Bonchev–Trinajstić information content (AvgIpc) is 2.89. The molecular weight excluding hydrogens is 448 g/mol. The molecule has 2 aromatic carbocycles. The molecule has 8 heteroatoms. The molecule has 2 aliphatic heterocycles. The molecular formula is C26H30N4O3S. The zero-order valence-electron chi connectivity index (χ0n) is 19.2. The van der Waals surface area contributed by atoms with Gasteiger partial charge in [0.05, 0.1) is 11.2 Å². The lowest BCUT2D eigenvalue weighted by Crippen LogP contribution is -2.37. The number of piperidine rings is 2. The predicted octanol–water partition coefficient (Wildman–Crippen LogP) is 4.65. The molecule has 5 rings (SSSR count). The third-order valence-corrected chi connectivity index (χ3v) is 8.64. The van der Waals surface area contributed by atoms with E-state index in [1.807, 2.05) is 24.3 Å². The Labute approximate surface area is 200 Å². The summed E-state index contributed by atoms with van der Waals surface area (Å²) < 4.78 is 29.0. The van der Waals surface area contributed by atoms with Crippen LogP contribution >= 0.6 is 0 Å². The first kappa shape index (κ1) is 22.8. The Morgan fingerprint density at radius 3 is 2.35 bits per heavy atom. The van der Waals surface area contributed by atoms with Crippen molar-refractivity contribution in [1.29, 1.82) is 0 Å². The molecule has 0 radical (unpaired) electrons. The Kier molecular flexibility index (Phi) is 6.52. The summed E-state index contributed by atoms with van der Waals surface area (Å²) in [7, 11) is -3.70. The summed E-state index contributed by atoms with van der Waals surface area (Å²) in [5.74, 6) is -0.330. The number of benzene rings is 2. The van der Waals surface area contributed by atoms with Crippen LogP contribution in [0.1, 0.15) is 48.9 Å². The first-order chi connectivity index (χ1) is 16.5. The molecule has 34 heavy (non-hydrogen) atoms. The molecule has 1 amide bonds. The molecule has 0 aliphatic carbocycles. The molecule has 0 bridgehead atoms. The van der Waals surface area contributed by atoms with Gasteiger partial charge in [0.1, 0.15) is 4.90 Å². The fraction of sp³-hybridized carbons (Fsp3) is 0.385. The molecule has 3 aromatic rings. The van der Waals surface area contributed by atoms with Gasteiger partial charge < -0.3 is 10.2 Å². The number of amides is 1. The number of sulfonamides is 1. The highest BCUT2D eigenvalue weighted by Gasteiger charge is 2.31. The maximum Gasteiger partial charge on any atom is 0.255 e. The number of carbonyl (C=O) groups excluding carboxylic acids is 1. The smallest absolute Gasteiger partial charge is 0.255 e. The lowest BCUT2D eigenvalue weighted by Gasteiger charge is -2.33. The van der Waals surface area contributed by atoms with E-state index in [2.05, 4.69) is 15.2 Å². The molecule has 1 aromatic heterocycles. The molecule has 0 saturated carbocycles. The number of nitrogens with one attached hydrogen (secondary N) is 1. The number of rotatable bonds is 5. The van der Waals surface area contributed by atoms with E-state index in [-0.39, 0.29) is 10.8 Å². The van der Waals surface area contributed by atoms with Crippen molar-refractivity contribution in [1.82, 2.24) is 9.29 Å². The zero-order chi connectivity index (χ0) is 23.5. The number of pyridine rings is 1. The van der Waals surface area contributed by atoms with Gasteiger partial charge in [-0.2, -0.15) is 4.31 Å². The Balaban J connectivity index is 1.48. The van der Waals surface area contributed by atoms with Crippen LogP contribution in [0.5, 0.6) is 0 Å². The normalized spacial score (nSPS) is 17.6. The van der Waals surface area contributed by atoms with E-state index in [0.717, 1.165) is 62.5 Å². The van der Waals surface area contributed by atoms with Crippen molar-refractivity contribution in [2.45, 2.75) is 43.4 Å². The van der Waals surface area contributed by atoms with Crippen molar-refractivity contribution in [3.05, 3.63) is 60.3 Å². The van der Waals surface area contributed by atoms with Crippen LogP contribution in [0.15, 0.2) is 59.6 Å². The van der Waals surface area contributed by atoms with Crippen LogP contribution in [0.3, 0.4) is 0 Å². The number of hydrogen-bond acceptors (Lipinski definition) is 5. The Hall–Kier alpha value is -2.97. The summed E-state index contributed by atoms with van der Waals surface area (Å²) in [6.07, 6.45) is 7.77. The van der Waals surface area contributed by atoms with Crippen molar-refractivity contribution in [2.75, 3.05) is 36.4 Å². The summed E-state index contributed by atoms with van der Waals surface area (Å²) in [4.78, 5) is 19.8. The van der Waals surface area contributed by atoms with Crippen LogP contribution in [-0.2, 0) is 10.0 Å². The van der Waals surface area contributed by atoms with E-state index in [1.54, 1.807) is 34.8 Å². The Morgan fingerprint density at radius 1 is 0.853 bits per heavy atom. The van der Waals surface area contributed by atoms with Crippen molar-refractivity contribution in [3.63, 3.8) is 0 Å². The Morgan fingerprint density at radius 2 is 1.59 bits per heavy atom. The van der Waals surface area contributed by atoms with Crippen LogP contribution in [0.25, 0.3) is 10.9 Å². The molecule has 3 heterocycles. The number of fused-ring (bicyclic) bond motifs is 1. The van der Waals surface area contributed by atoms with Gasteiger partial charge in [-0.05, 0) is 74.6 Å². The van der Waals surface area contributed by atoms with Gasteiger partial charge in [0.15, 0.2) is 0 Å². The number of anilines is 2. The second-order valence-corrected chi connectivity index (χ2v) is 11.0. The average molecular weight is 479 g/mol. The van der Waals surface area contributed by atoms with E-state index < -0.39 is 10.0 Å². The minimum Gasteiger partial charge on any atom is -0.370 e. The minimum absolute atomic E-state index is 0.242. The number of aromatic nitrogens is 1. The second kappa shape index (κ2) is 9.72. The quantitative estimate of drug-likeness (QED) is 0.577. The van der Waals surface area contributed by atoms with Crippen molar-refractivity contribution >= 4 is 38.2 Å². The number of nitrogens with zero attached hydrogens (tertiary/aromatic N) is 3. The van der Waals surface area contributed by atoms with Gasteiger partial charge in [0.2, 0.25) is 10.0 Å². The second-order valence-electron chi connectivity index (χ2n) is 9.06. The van der Waals surface area contributed by atoms with E-state index in [9.17, 15) is 13.2 Å². The van der Waals surface area contributed by atoms with Gasteiger partial charge in [0.25, 0.3) is 5.91 Å². The first-order valence-corrected chi connectivity index (χ1v) is 13.5. The fourth-order valence-corrected chi connectivity index (χ4v) is 6.61. The monoisotopic (exact) mass is 478 g/mol. The third kappa shape index (κ3) is 4.65. The molecule has 2 aliphatic rings. The van der Waals surface area contributed by atoms with E-state index in [1.165, 1.54) is 0 Å². The van der Waals surface area contributed by atoms with Gasteiger partial charge in [0, 0.05) is 49.0 Å². The first-order valence-electron chi connectivity index (χ1n) is 12.1. The number of carbonyl (C=O) groups is 1. The van der Waals surface area contributed by atoms with Gasteiger partial charge in [-0.15, -0.1) is 0 Å². The van der Waals surface area contributed by atoms with E-state index >= 15 is 0 Å². The molecule has 0 atom stereocenters. The van der Waals surface area contributed by atoms with Crippen LogP contribution in [0, 0.1) is 0 Å².